The van der Waals surface area contributed by atoms with Crippen molar-refractivity contribution in [3.05, 3.63) is 11.8 Å². The summed E-state index contributed by atoms with van der Waals surface area (Å²) in [5.41, 5.74) is 1.06. The van der Waals surface area contributed by atoms with Gasteiger partial charge in [0.25, 0.3) is 0 Å². The predicted molar refractivity (Wildman–Crippen MR) is 51.3 cm³/mol. The Morgan fingerprint density at radius 1 is 1.71 bits per heavy atom. The molecule has 1 N–H and O–H groups in total. The summed E-state index contributed by atoms with van der Waals surface area (Å²) in [7, 11) is 3.52. The lowest BCUT2D eigenvalue weighted by atomic mass is 10.1. The molecule has 5 nitrogen and oxygen atoms in total. The number of aryl methyl sites for hydroxylation is 1. The molecule has 0 saturated carbocycles. The molecule has 1 aromatic heterocycles. The molecular weight excluding hydrogens is 182 g/mol. The number of methoxy groups -OCH3 is 1. The highest BCUT2D eigenvalue weighted by molar-refractivity contribution is 5.27. The molecule has 1 saturated heterocycles. The molecule has 1 fully saturated rings. The van der Waals surface area contributed by atoms with Crippen LogP contribution in [0.25, 0.3) is 0 Å². The zero-order valence-electron chi connectivity index (χ0n) is 8.49. The molecule has 1 aliphatic rings. The molecule has 0 spiro atoms. The lowest BCUT2D eigenvalue weighted by Gasteiger charge is -2.23. The van der Waals surface area contributed by atoms with Gasteiger partial charge in [0.05, 0.1) is 31.9 Å². The number of hydrogen-bond donors (Lipinski definition) is 1. The maximum atomic E-state index is 5.39. The Kier molecular flexibility index (Phi) is 2.69. The molecule has 1 unspecified atom stereocenters. The monoisotopic (exact) mass is 197 g/mol. The van der Waals surface area contributed by atoms with Crippen LogP contribution in [0.3, 0.4) is 0 Å². The van der Waals surface area contributed by atoms with E-state index in [1.54, 1.807) is 11.8 Å². The number of morpholine rings is 1. The third-order valence-electron chi connectivity index (χ3n) is 2.31. The smallest absolute Gasteiger partial charge is 0.237 e. The zero-order valence-corrected chi connectivity index (χ0v) is 8.49. The van der Waals surface area contributed by atoms with Crippen molar-refractivity contribution < 1.29 is 9.47 Å². The van der Waals surface area contributed by atoms with Gasteiger partial charge >= 0.3 is 0 Å². The van der Waals surface area contributed by atoms with Crippen molar-refractivity contribution in [3.8, 4) is 5.88 Å². The average molecular weight is 197 g/mol. The lowest BCUT2D eigenvalue weighted by Crippen LogP contribution is -2.34. The van der Waals surface area contributed by atoms with Gasteiger partial charge in [0.15, 0.2) is 0 Å². The molecular formula is C9H15N3O2. The van der Waals surface area contributed by atoms with Crippen LogP contribution in [-0.4, -0.2) is 36.6 Å². The normalized spacial score (nSPS) is 22.3. The van der Waals surface area contributed by atoms with E-state index in [9.17, 15) is 0 Å². The van der Waals surface area contributed by atoms with E-state index >= 15 is 0 Å². The summed E-state index contributed by atoms with van der Waals surface area (Å²) in [6, 6.07) is 0.201. The first kappa shape index (κ1) is 9.48. The van der Waals surface area contributed by atoms with Gasteiger partial charge in [0, 0.05) is 19.8 Å². The summed E-state index contributed by atoms with van der Waals surface area (Å²) < 4.78 is 12.3. The van der Waals surface area contributed by atoms with Crippen molar-refractivity contribution in [1.82, 2.24) is 15.1 Å². The second-order valence-corrected chi connectivity index (χ2v) is 3.35. The van der Waals surface area contributed by atoms with Gasteiger partial charge in [-0.25, -0.2) is 0 Å². The predicted octanol–water partition coefficient (Wildman–Crippen LogP) is 0.0896. The largest absolute Gasteiger partial charge is 0.480 e. The second kappa shape index (κ2) is 3.98. The van der Waals surface area contributed by atoms with Gasteiger partial charge < -0.3 is 14.8 Å². The van der Waals surface area contributed by atoms with Crippen molar-refractivity contribution in [2.24, 2.45) is 7.05 Å². The van der Waals surface area contributed by atoms with Gasteiger partial charge in [-0.05, 0) is 0 Å². The number of ether oxygens (including phenoxy) is 2. The van der Waals surface area contributed by atoms with Crippen LogP contribution in [0, 0.1) is 0 Å². The van der Waals surface area contributed by atoms with Gasteiger partial charge in [-0.15, -0.1) is 5.10 Å². The Bertz CT molecular complexity index is 305. The molecule has 0 aliphatic carbocycles. The fourth-order valence-electron chi connectivity index (χ4n) is 1.65. The summed E-state index contributed by atoms with van der Waals surface area (Å²) in [6.45, 7) is 2.34. The Morgan fingerprint density at radius 2 is 2.57 bits per heavy atom. The van der Waals surface area contributed by atoms with Gasteiger partial charge in [-0.1, -0.05) is 0 Å². The van der Waals surface area contributed by atoms with E-state index in [0.29, 0.717) is 12.5 Å². The minimum Gasteiger partial charge on any atom is -0.480 e. The van der Waals surface area contributed by atoms with Crippen molar-refractivity contribution in [2.45, 2.75) is 6.04 Å². The molecule has 0 aromatic carbocycles. The minimum absolute atomic E-state index is 0.201. The topological polar surface area (TPSA) is 48.3 Å². The van der Waals surface area contributed by atoms with E-state index in [2.05, 4.69) is 10.4 Å². The van der Waals surface area contributed by atoms with Crippen LogP contribution in [0.2, 0.25) is 0 Å². The Labute approximate surface area is 83.0 Å². The van der Waals surface area contributed by atoms with Crippen LogP contribution in [-0.2, 0) is 11.8 Å². The van der Waals surface area contributed by atoms with E-state index in [0.717, 1.165) is 18.7 Å². The molecule has 0 amide bonds. The van der Waals surface area contributed by atoms with Crippen molar-refractivity contribution in [3.63, 3.8) is 0 Å². The van der Waals surface area contributed by atoms with Gasteiger partial charge in [-0.2, -0.15) is 0 Å². The van der Waals surface area contributed by atoms with E-state index in [1.807, 2.05) is 13.2 Å². The Balaban J connectivity index is 2.20. The summed E-state index contributed by atoms with van der Waals surface area (Å²) in [5.74, 6) is 0.676. The molecule has 5 heteroatoms. The van der Waals surface area contributed by atoms with Crippen LogP contribution in [0.5, 0.6) is 5.88 Å². The summed E-state index contributed by atoms with van der Waals surface area (Å²) in [6.07, 6.45) is 1.96. The first-order valence-electron chi connectivity index (χ1n) is 4.70. The number of nitrogens with one attached hydrogen (secondary N) is 1. The van der Waals surface area contributed by atoms with E-state index in [-0.39, 0.29) is 6.04 Å². The minimum atomic E-state index is 0.201. The van der Waals surface area contributed by atoms with Crippen molar-refractivity contribution in [1.29, 1.82) is 0 Å². The molecule has 14 heavy (non-hydrogen) atoms. The maximum absolute atomic E-state index is 5.39. The molecule has 2 rings (SSSR count). The van der Waals surface area contributed by atoms with Crippen LogP contribution in [0.1, 0.15) is 11.6 Å². The van der Waals surface area contributed by atoms with Gasteiger partial charge in [0.2, 0.25) is 5.88 Å². The second-order valence-electron chi connectivity index (χ2n) is 3.35. The fraction of sp³-hybridized carbons (Fsp3) is 0.667. The highest BCUT2D eigenvalue weighted by Crippen LogP contribution is 2.24. The Hall–Kier alpha value is -1.07. The van der Waals surface area contributed by atoms with Crippen LogP contribution < -0.4 is 10.1 Å². The number of rotatable bonds is 2. The first-order chi connectivity index (χ1) is 6.81. The van der Waals surface area contributed by atoms with E-state index < -0.39 is 0 Å². The highest BCUT2D eigenvalue weighted by Gasteiger charge is 2.21. The molecule has 0 radical (unpaired) electrons. The van der Waals surface area contributed by atoms with Gasteiger partial charge in [-0.3, -0.25) is 4.68 Å². The quantitative estimate of drug-likeness (QED) is 0.730. The van der Waals surface area contributed by atoms with E-state index in [4.69, 9.17) is 9.47 Å². The van der Waals surface area contributed by atoms with E-state index in [1.165, 1.54) is 0 Å². The number of aromatic nitrogens is 2. The van der Waals surface area contributed by atoms with Crippen LogP contribution >= 0.6 is 0 Å². The first-order valence-corrected chi connectivity index (χ1v) is 4.70. The van der Waals surface area contributed by atoms with Crippen LogP contribution in [0.4, 0.5) is 0 Å². The third kappa shape index (κ3) is 1.73. The van der Waals surface area contributed by atoms with Gasteiger partial charge in [0.1, 0.15) is 0 Å². The molecule has 0 bridgehead atoms. The number of nitrogens with zero attached hydrogens (tertiary/aromatic N) is 2. The molecule has 1 aromatic rings. The standard InChI is InChI=1S/C9H15N3O2/c1-12-5-7(9(11-12)13-2)8-6-14-4-3-10-8/h5,8,10H,3-4,6H2,1-2H3. The summed E-state index contributed by atoms with van der Waals surface area (Å²) in [5, 5.41) is 7.57. The molecule has 78 valence electrons. The fourth-order valence-corrected chi connectivity index (χ4v) is 1.65. The number of hydrogen-bond acceptors (Lipinski definition) is 4. The van der Waals surface area contributed by atoms with Crippen molar-refractivity contribution in [2.75, 3.05) is 26.9 Å². The molecule has 1 aliphatic heterocycles. The lowest BCUT2D eigenvalue weighted by molar-refractivity contribution is 0.0760. The summed E-state index contributed by atoms with van der Waals surface area (Å²) >= 11 is 0. The average Bonchev–Trinajstić information content (AvgIpc) is 2.61. The third-order valence-corrected chi connectivity index (χ3v) is 2.31. The highest BCUT2D eigenvalue weighted by atomic mass is 16.5. The molecule has 2 heterocycles. The zero-order chi connectivity index (χ0) is 9.97. The SMILES string of the molecule is COc1nn(C)cc1C1COCCN1. The van der Waals surface area contributed by atoms with Crippen LogP contribution in [0.15, 0.2) is 6.20 Å². The van der Waals surface area contributed by atoms with Crippen molar-refractivity contribution >= 4 is 0 Å². The maximum Gasteiger partial charge on any atom is 0.237 e. The molecule has 1 atom stereocenters. The summed E-state index contributed by atoms with van der Waals surface area (Å²) in [4.78, 5) is 0. The Morgan fingerprint density at radius 3 is 3.21 bits per heavy atom.